The number of nitrogens with zero attached hydrogens (tertiary/aromatic N) is 3. The molecule has 156 valence electrons. The van der Waals surface area contributed by atoms with Gasteiger partial charge >= 0.3 is 0 Å². The van der Waals surface area contributed by atoms with E-state index in [0.717, 1.165) is 16.6 Å². The Morgan fingerprint density at radius 1 is 1.14 bits per heavy atom. The van der Waals surface area contributed by atoms with Crippen molar-refractivity contribution in [1.82, 2.24) is 19.9 Å². The number of aromatic nitrogens is 3. The number of hydrogen-bond donors (Lipinski definition) is 4. The Labute approximate surface area is 168 Å². The fourth-order valence-electron chi connectivity index (χ4n) is 3.00. The third-order valence-electron chi connectivity index (χ3n) is 4.53. The predicted molar refractivity (Wildman–Crippen MR) is 106 cm³/mol. The molecule has 0 saturated carbocycles. The largest absolute Gasteiger partial charge is 0.479 e. The van der Waals surface area contributed by atoms with Crippen LogP contribution in [0.1, 0.15) is 11.1 Å². The molecule has 2 atom stereocenters. The van der Waals surface area contributed by atoms with Gasteiger partial charge in [-0.2, -0.15) is 4.98 Å². The summed E-state index contributed by atoms with van der Waals surface area (Å²) in [6.07, 6.45) is 1.09. The number of aliphatic hydroxyl groups excluding tert-OH is 3. The van der Waals surface area contributed by atoms with E-state index < -0.39 is 18.8 Å². The Hall–Kier alpha value is -2.56. The first kappa shape index (κ1) is 21.2. The first-order valence-electron chi connectivity index (χ1n) is 9.30. The van der Waals surface area contributed by atoms with Crippen LogP contribution in [-0.2, 0) is 24.6 Å². The normalized spacial score (nSPS) is 13.5. The molecule has 1 aromatic carbocycles. The predicted octanol–water partition coefficient (Wildman–Crippen LogP) is 0.418. The van der Waals surface area contributed by atoms with Crippen LogP contribution in [0.2, 0.25) is 0 Å². The number of aliphatic hydroxyl groups is 3. The maximum atomic E-state index is 9.78. The number of ether oxygens (including phenoxy) is 2. The van der Waals surface area contributed by atoms with Gasteiger partial charge in [0.25, 0.3) is 0 Å². The van der Waals surface area contributed by atoms with Gasteiger partial charge in [0.15, 0.2) is 0 Å². The summed E-state index contributed by atoms with van der Waals surface area (Å²) >= 11 is 0. The van der Waals surface area contributed by atoms with Gasteiger partial charge in [-0.1, -0.05) is 30.3 Å². The maximum Gasteiger partial charge on any atom is 0.241 e. The Balaban J connectivity index is 1.73. The second-order valence-corrected chi connectivity index (χ2v) is 6.62. The molecule has 29 heavy (non-hydrogen) atoms. The van der Waals surface area contributed by atoms with Crippen molar-refractivity contribution in [3.05, 3.63) is 54.0 Å². The molecule has 9 nitrogen and oxygen atoms in total. The van der Waals surface area contributed by atoms with E-state index in [9.17, 15) is 10.2 Å². The summed E-state index contributed by atoms with van der Waals surface area (Å²) in [5.74, 6) is 0.445. The van der Waals surface area contributed by atoms with E-state index in [4.69, 9.17) is 14.6 Å². The molecule has 2 aromatic heterocycles. The fraction of sp³-hybridized carbons (Fsp3) is 0.400. The van der Waals surface area contributed by atoms with Gasteiger partial charge < -0.3 is 34.7 Å². The first-order chi connectivity index (χ1) is 14.1. The zero-order chi connectivity index (χ0) is 20.6. The quantitative estimate of drug-likeness (QED) is 0.364. The zero-order valence-electron chi connectivity index (χ0n) is 16.2. The molecule has 0 aliphatic heterocycles. The van der Waals surface area contributed by atoms with E-state index >= 15 is 0 Å². The summed E-state index contributed by atoms with van der Waals surface area (Å²) in [6.45, 7) is 0.792. The first-order valence-corrected chi connectivity index (χ1v) is 9.30. The van der Waals surface area contributed by atoms with Crippen molar-refractivity contribution in [3.8, 4) is 5.88 Å². The van der Waals surface area contributed by atoms with E-state index in [2.05, 4.69) is 15.3 Å². The number of benzene rings is 1. The molecule has 0 radical (unpaired) electrons. The molecule has 0 bridgehead atoms. The number of methoxy groups -OCH3 is 1. The number of fused-ring (bicyclic) bond motifs is 1. The van der Waals surface area contributed by atoms with Crippen molar-refractivity contribution in [2.45, 2.75) is 32.1 Å². The van der Waals surface area contributed by atoms with Crippen LogP contribution in [0.5, 0.6) is 5.88 Å². The van der Waals surface area contributed by atoms with Gasteiger partial charge in [-0.05, 0) is 5.56 Å². The second kappa shape index (κ2) is 10.3. The monoisotopic (exact) mass is 402 g/mol. The highest BCUT2D eigenvalue weighted by molar-refractivity contribution is 5.83. The molecule has 0 aliphatic carbocycles. The van der Waals surface area contributed by atoms with E-state index in [1.807, 2.05) is 41.1 Å². The highest BCUT2D eigenvalue weighted by Gasteiger charge is 2.17. The van der Waals surface area contributed by atoms with Gasteiger partial charge in [-0.25, -0.2) is 4.98 Å². The van der Waals surface area contributed by atoms with Crippen LogP contribution in [0.3, 0.4) is 0 Å². The summed E-state index contributed by atoms with van der Waals surface area (Å²) < 4.78 is 13.1. The van der Waals surface area contributed by atoms with E-state index in [0.29, 0.717) is 31.3 Å². The summed E-state index contributed by atoms with van der Waals surface area (Å²) in [5.41, 5.74) is 3.38. The topological polar surface area (TPSA) is 122 Å². The molecule has 3 aromatic rings. The standard InChI is InChI=1S/C20H26N4O5/c1-28-20-19-18(22-12-23-20)15(7-21-8-16(26)17(27)10-25)9-24(19)13-29-11-14-5-3-2-4-6-14/h2-6,9,12,16-17,21,25-27H,7-8,10-11,13H2,1H3/t16-,17-/m0/s1. The lowest BCUT2D eigenvalue weighted by molar-refractivity contribution is -0.0129. The fourth-order valence-corrected chi connectivity index (χ4v) is 3.00. The second-order valence-electron chi connectivity index (χ2n) is 6.62. The van der Waals surface area contributed by atoms with Crippen molar-refractivity contribution < 1.29 is 24.8 Å². The van der Waals surface area contributed by atoms with Gasteiger partial charge in [-0.3, -0.25) is 0 Å². The minimum absolute atomic E-state index is 0.126. The SMILES string of the molecule is COc1ncnc2c(CNC[C@H](O)[C@@H](O)CO)cn(COCc3ccccc3)c12. The van der Waals surface area contributed by atoms with Crippen molar-refractivity contribution >= 4 is 11.0 Å². The summed E-state index contributed by atoms with van der Waals surface area (Å²) in [7, 11) is 1.55. The summed E-state index contributed by atoms with van der Waals surface area (Å²) in [5, 5.41) is 31.2. The number of nitrogens with one attached hydrogen (secondary N) is 1. The average molecular weight is 402 g/mol. The van der Waals surface area contributed by atoms with Crippen LogP contribution in [0, 0.1) is 0 Å². The zero-order valence-corrected chi connectivity index (χ0v) is 16.2. The van der Waals surface area contributed by atoms with Gasteiger partial charge in [0, 0.05) is 24.8 Å². The molecule has 4 N–H and O–H groups in total. The minimum Gasteiger partial charge on any atom is -0.479 e. The third kappa shape index (κ3) is 5.28. The Bertz CT molecular complexity index is 903. The maximum absolute atomic E-state index is 9.78. The molecule has 9 heteroatoms. The van der Waals surface area contributed by atoms with E-state index in [-0.39, 0.29) is 6.54 Å². The highest BCUT2D eigenvalue weighted by Crippen LogP contribution is 2.26. The van der Waals surface area contributed by atoms with Crippen LogP contribution >= 0.6 is 0 Å². The molecular weight excluding hydrogens is 376 g/mol. The Kier molecular flexibility index (Phi) is 7.50. The molecule has 0 fully saturated rings. The van der Waals surface area contributed by atoms with Crippen molar-refractivity contribution in [1.29, 1.82) is 0 Å². The molecule has 2 heterocycles. The smallest absolute Gasteiger partial charge is 0.241 e. The number of hydrogen-bond acceptors (Lipinski definition) is 8. The average Bonchev–Trinajstić information content (AvgIpc) is 3.11. The lowest BCUT2D eigenvalue weighted by atomic mass is 10.2. The highest BCUT2D eigenvalue weighted by atomic mass is 16.5. The van der Waals surface area contributed by atoms with E-state index in [1.54, 1.807) is 7.11 Å². The van der Waals surface area contributed by atoms with Gasteiger partial charge in [0.05, 0.1) is 26.4 Å². The summed E-state index contributed by atoms with van der Waals surface area (Å²) in [4.78, 5) is 8.54. The third-order valence-corrected chi connectivity index (χ3v) is 4.53. The van der Waals surface area contributed by atoms with Gasteiger partial charge in [0.2, 0.25) is 5.88 Å². The molecular formula is C20H26N4O5. The van der Waals surface area contributed by atoms with Crippen molar-refractivity contribution in [2.24, 2.45) is 0 Å². The minimum atomic E-state index is -1.18. The summed E-state index contributed by atoms with van der Waals surface area (Å²) in [6, 6.07) is 9.89. The molecule has 0 saturated heterocycles. The molecule has 0 aliphatic rings. The van der Waals surface area contributed by atoms with Crippen LogP contribution in [0.25, 0.3) is 11.0 Å². The number of rotatable bonds is 11. The molecule has 0 unspecified atom stereocenters. The molecule has 0 amide bonds. The van der Waals surface area contributed by atoms with Gasteiger partial charge in [0.1, 0.15) is 30.2 Å². The van der Waals surface area contributed by atoms with Crippen molar-refractivity contribution in [2.75, 3.05) is 20.3 Å². The lowest BCUT2D eigenvalue weighted by Crippen LogP contribution is -2.38. The van der Waals surface area contributed by atoms with Crippen LogP contribution in [-0.4, -0.2) is 62.3 Å². The van der Waals surface area contributed by atoms with E-state index in [1.165, 1.54) is 6.33 Å². The Morgan fingerprint density at radius 2 is 1.93 bits per heavy atom. The van der Waals surface area contributed by atoms with Gasteiger partial charge in [-0.15, -0.1) is 0 Å². The van der Waals surface area contributed by atoms with Crippen LogP contribution < -0.4 is 10.1 Å². The Morgan fingerprint density at radius 3 is 2.66 bits per heavy atom. The molecule has 0 spiro atoms. The molecule has 3 rings (SSSR count). The van der Waals surface area contributed by atoms with Crippen LogP contribution in [0.4, 0.5) is 0 Å². The lowest BCUT2D eigenvalue weighted by Gasteiger charge is -2.15. The van der Waals surface area contributed by atoms with Crippen molar-refractivity contribution in [3.63, 3.8) is 0 Å². The van der Waals surface area contributed by atoms with Crippen LogP contribution in [0.15, 0.2) is 42.9 Å².